The topological polar surface area (TPSA) is 68.0 Å². The summed E-state index contributed by atoms with van der Waals surface area (Å²) in [7, 11) is 1.76. The summed E-state index contributed by atoms with van der Waals surface area (Å²) >= 11 is 0. The summed E-state index contributed by atoms with van der Waals surface area (Å²) in [6.45, 7) is 4.02. The van der Waals surface area contributed by atoms with Gasteiger partial charge in [-0.05, 0) is 25.5 Å². The van der Waals surface area contributed by atoms with E-state index in [4.69, 9.17) is 0 Å². The maximum absolute atomic E-state index is 11.5. The van der Waals surface area contributed by atoms with E-state index in [2.05, 4.69) is 16.1 Å². The number of benzene rings is 1. The Bertz CT molecular complexity index is 865. The normalized spacial score (nSPS) is 11.0. The molecule has 0 bridgehead atoms. The summed E-state index contributed by atoms with van der Waals surface area (Å²) < 4.78 is 1.59. The van der Waals surface area contributed by atoms with Crippen LogP contribution in [0.15, 0.2) is 30.5 Å². The van der Waals surface area contributed by atoms with Crippen LogP contribution in [0.25, 0.3) is 22.3 Å². The number of fused-ring (bicyclic) bond motifs is 1. The fraction of sp³-hybridized carbons (Fsp3) is 0.188. The van der Waals surface area contributed by atoms with E-state index >= 15 is 0 Å². The van der Waals surface area contributed by atoms with E-state index in [9.17, 15) is 9.90 Å². The van der Waals surface area contributed by atoms with Gasteiger partial charge in [0, 0.05) is 12.6 Å². The largest absolute Gasteiger partial charge is 0.478 e. The van der Waals surface area contributed by atoms with Crippen molar-refractivity contribution in [2.75, 3.05) is 0 Å². The molecular weight excluding hydrogens is 266 g/mol. The molecule has 0 radical (unpaired) electrons. The number of rotatable bonds is 2. The van der Waals surface area contributed by atoms with Crippen molar-refractivity contribution < 1.29 is 9.90 Å². The average molecular weight is 281 g/mol. The fourth-order valence-corrected chi connectivity index (χ4v) is 2.53. The van der Waals surface area contributed by atoms with Gasteiger partial charge in [-0.1, -0.05) is 23.8 Å². The molecule has 0 atom stereocenters. The predicted molar refractivity (Wildman–Crippen MR) is 80.4 cm³/mol. The van der Waals surface area contributed by atoms with Gasteiger partial charge in [0.1, 0.15) is 0 Å². The van der Waals surface area contributed by atoms with Crippen molar-refractivity contribution in [3.05, 3.63) is 47.2 Å². The Morgan fingerprint density at radius 2 is 2.00 bits per heavy atom. The van der Waals surface area contributed by atoms with Crippen molar-refractivity contribution in [2.45, 2.75) is 13.8 Å². The van der Waals surface area contributed by atoms with Crippen LogP contribution in [0, 0.1) is 13.8 Å². The van der Waals surface area contributed by atoms with Crippen LogP contribution >= 0.6 is 0 Å². The molecule has 5 nitrogen and oxygen atoms in total. The maximum atomic E-state index is 11.5. The SMILES string of the molecule is Cc1ccc(-c2cc(C(=O)O)c3cnn(C)c3n2)c(C)c1. The van der Waals surface area contributed by atoms with Gasteiger partial charge < -0.3 is 5.11 Å². The third-order valence-corrected chi connectivity index (χ3v) is 3.59. The predicted octanol–water partition coefficient (Wildman–Crippen LogP) is 2.95. The Morgan fingerprint density at radius 1 is 1.24 bits per heavy atom. The van der Waals surface area contributed by atoms with Crippen molar-refractivity contribution in [1.29, 1.82) is 0 Å². The molecule has 21 heavy (non-hydrogen) atoms. The lowest BCUT2D eigenvalue weighted by atomic mass is 10.0. The Balaban J connectivity index is 2.32. The number of carboxylic acids is 1. The molecule has 0 saturated carbocycles. The molecule has 0 aliphatic carbocycles. The van der Waals surface area contributed by atoms with Gasteiger partial charge in [-0.2, -0.15) is 5.10 Å². The van der Waals surface area contributed by atoms with Crippen molar-refractivity contribution in [2.24, 2.45) is 7.05 Å². The first-order valence-electron chi connectivity index (χ1n) is 6.61. The monoisotopic (exact) mass is 281 g/mol. The number of hydrogen-bond acceptors (Lipinski definition) is 3. The van der Waals surface area contributed by atoms with Gasteiger partial charge in [0.05, 0.1) is 22.8 Å². The zero-order valence-corrected chi connectivity index (χ0v) is 12.1. The van der Waals surface area contributed by atoms with E-state index in [0.29, 0.717) is 16.7 Å². The van der Waals surface area contributed by atoms with Crippen LogP contribution in [0.3, 0.4) is 0 Å². The summed E-state index contributed by atoms with van der Waals surface area (Å²) in [5.74, 6) is -0.971. The number of hydrogen-bond donors (Lipinski definition) is 1. The van der Waals surface area contributed by atoms with Gasteiger partial charge in [0.25, 0.3) is 0 Å². The molecule has 0 saturated heterocycles. The van der Waals surface area contributed by atoms with E-state index in [0.717, 1.165) is 16.7 Å². The first-order chi connectivity index (χ1) is 9.97. The molecule has 1 N–H and O–H groups in total. The molecule has 0 fully saturated rings. The van der Waals surface area contributed by atoms with Crippen molar-refractivity contribution >= 4 is 17.0 Å². The average Bonchev–Trinajstić information content (AvgIpc) is 2.79. The second-order valence-corrected chi connectivity index (χ2v) is 5.18. The van der Waals surface area contributed by atoms with Crippen molar-refractivity contribution in [3.63, 3.8) is 0 Å². The first-order valence-corrected chi connectivity index (χ1v) is 6.61. The molecular formula is C16H15N3O2. The van der Waals surface area contributed by atoms with Gasteiger partial charge in [0.2, 0.25) is 0 Å². The minimum absolute atomic E-state index is 0.225. The molecule has 0 aliphatic heterocycles. The molecule has 0 aliphatic rings. The number of carbonyl (C=O) groups is 1. The highest BCUT2D eigenvalue weighted by Crippen LogP contribution is 2.27. The van der Waals surface area contributed by atoms with Crippen LogP contribution in [0.4, 0.5) is 0 Å². The number of pyridine rings is 1. The van der Waals surface area contributed by atoms with Gasteiger partial charge in [-0.3, -0.25) is 4.68 Å². The van der Waals surface area contributed by atoms with Crippen LogP contribution in [0.1, 0.15) is 21.5 Å². The van der Waals surface area contributed by atoms with Gasteiger partial charge in [-0.15, -0.1) is 0 Å². The maximum Gasteiger partial charge on any atom is 0.336 e. The van der Waals surface area contributed by atoms with Crippen LogP contribution in [-0.2, 0) is 7.05 Å². The Labute approximate surface area is 121 Å². The minimum atomic E-state index is -0.971. The summed E-state index contributed by atoms with van der Waals surface area (Å²) in [6, 6.07) is 7.65. The standard InChI is InChI=1S/C16H15N3O2/c1-9-4-5-11(10(2)6-9)14-7-12(16(20)21)13-8-17-19(3)15(13)18-14/h4-8H,1-3H3,(H,20,21). The third-order valence-electron chi connectivity index (χ3n) is 3.59. The van der Waals surface area contributed by atoms with Crippen molar-refractivity contribution in [1.82, 2.24) is 14.8 Å². The van der Waals surface area contributed by atoms with E-state index in [1.165, 1.54) is 6.20 Å². The Morgan fingerprint density at radius 3 is 2.67 bits per heavy atom. The van der Waals surface area contributed by atoms with Crippen LogP contribution < -0.4 is 0 Å². The van der Waals surface area contributed by atoms with Crippen LogP contribution in [-0.4, -0.2) is 25.8 Å². The second-order valence-electron chi connectivity index (χ2n) is 5.18. The summed E-state index contributed by atoms with van der Waals surface area (Å²) in [4.78, 5) is 16.1. The third kappa shape index (κ3) is 2.16. The van der Waals surface area contributed by atoms with E-state index in [-0.39, 0.29) is 5.56 Å². The number of aryl methyl sites for hydroxylation is 3. The molecule has 0 amide bonds. The zero-order chi connectivity index (χ0) is 15.1. The molecule has 1 aromatic carbocycles. The Hall–Kier alpha value is -2.69. The highest BCUT2D eigenvalue weighted by molar-refractivity contribution is 6.02. The molecule has 3 rings (SSSR count). The van der Waals surface area contributed by atoms with Gasteiger partial charge in [0.15, 0.2) is 5.65 Å². The van der Waals surface area contributed by atoms with Gasteiger partial charge in [-0.25, -0.2) is 9.78 Å². The van der Waals surface area contributed by atoms with Crippen LogP contribution in [0.5, 0.6) is 0 Å². The smallest absolute Gasteiger partial charge is 0.336 e. The number of aromatic nitrogens is 3. The molecule has 0 unspecified atom stereocenters. The molecule has 2 aromatic heterocycles. The Kier molecular flexibility index (Phi) is 2.97. The number of carboxylic acid groups (broad SMARTS) is 1. The summed E-state index contributed by atoms with van der Waals surface area (Å²) in [6.07, 6.45) is 1.54. The lowest BCUT2D eigenvalue weighted by molar-refractivity contribution is 0.0699. The van der Waals surface area contributed by atoms with Crippen molar-refractivity contribution in [3.8, 4) is 11.3 Å². The lowest BCUT2D eigenvalue weighted by Crippen LogP contribution is -2.01. The van der Waals surface area contributed by atoms with E-state index < -0.39 is 5.97 Å². The lowest BCUT2D eigenvalue weighted by Gasteiger charge is -2.08. The molecule has 2 heterocycles. The molecule has 5 heteroatoms. The highest BCUT2D eigenvalue weighted by Gasteiger charge is 2.16. The minimum Gasteiger partial charge on any atom is -0.478 e. The van der Waals surface area contributed by atoms with E-state index in [1.807, 2.05) is 26.0 Å². The summed E-state index contributed by atoms with van der Waals surface area (Å²) in [5, 5.41) is 14.1. The number of nitrogens with zero attached hydrogens (tertiary/aromatic N) is 3. The zero-order valence-electron chi connectivity index (χ0n) is 12.1. The molecule has 106 valence electrons. The number of aromatic carboxylic acids is 1. The summed E-state index contributed by atoms with van der Waals surface area (Å²) in [5.41, 5.74) is 4.62. The first kappa shape index (κ1) is 13.3. The highest BCUT2D eigenvalue weighted by atomic mass is 16.4. The molecule has 3 aromatic rings. The quantitative estimate of drug-likeness (QED) is 0.784. The van der Waals surface area contributed by atoms with Crippen LogP contribution in [0.2, 0.25) is 0 Å². The second kappa shape index (κ2) is 4.70. The fourth-order valence-electron chi connectivity index (χ4n) is 2.53. The molecule has 0 spiro atoms. The van der Waals surface area contributed by atoms with E-state index in [1.54, 1.807) is 17.8 Å². The van der Waals surface area contributed by atoms with Gasteiger partial charge >= 0.3 is 5.97 Å².